The van der Waals surface area contributed by atoms with Crippen molar-refractivity contribution in [2.75, 3.05) is 11.1 Å². The molecule has 0 aliphatic rings. The Hall–Kier alpha value is -2.02. The number of aromatic hydroxyl groups is 1. The van der Waals surface area contributed by atoms with Gasteiger partial charge >= 0.3 is 0 Å². The number of hydrogen-bond donors (Lipinski definition) is 4. The van der Waals surface area contributed by atoms with Gasteiger partial charge in [-0.3, -0.25) is 9.89 Å². The number of halogens is 1. The molecule has 6 nitrogen and oxygen atoms in total. The van der Waals surface area contributed by atoms with E-state index in [0.717, 1.165) is 0 Å². The van der Waals surface area contributed by atoms with E-state index in [0.29, 0.717) is 15.9 Å². The van der Waals surface area contributed by atoms with Crippen molar-refractivity contribution >= 4 is 33.3 Å². The highest BCUT2D eigenvalue weighted by molar-refractivity contribution is 9.10. The Balaban J connectivity index is 2.27. The van der Waals surface area contributed by atoms with E-state index in [4.69, 9.17) is 5.73 Å². The summed E-state index contributed by atoms with van der Waals surface area (Å²) in [4.78, 5) is 11.9. The van der Waals surface area contributed by atoms with Crippen LogP contribution in [-0.2, 0) is 0 Å². The van der Waals surface area contributed by atoms with Crippen LogP contribution in [0.4, 0.5) is 11.5 Å². The minimum atomic E-state index is -0.480. The van der Waals surface area contributed by atoms with Gasteiger partial charge in [-0.15, -0.1) is 0 Å². The molecule has 2 aromatic rings. The molecule has 1 aromatic carbocycles. The second kappa shape index (κ2) is 4.69. The lowest BCUT2D eigenvalue weighted by Crippen LogP contribution is -2.13. The van der Waals surface area contributed by atoms with Crippen LogP contribution in [0.5, 0.6) is 5.75 Å². The third-order valence-electron chi connectivity index (χ3n) is 2.43. The summed E-state index contributed by atoms with van der Waals surface area (Å²) in [5.74, 6) is -0.342. The Morgan fingerprint density at radius 1 is 1.56 bits per heavy atom. The summed E-state index contributed by atoms with van der Waals surface area (Å²) in [6.07, 6.45) is 0. The second-order valence-corrected chi connectivity index (χ2v) is 4.64. The molecule has 5 N–H and O–H groups in total. The van der Waals surface area contributed by atoms with Crippen molar-refractivity contribution in [1.29, 1.82) is 0 Å². The van der Waals surface area contributed by atoms with Crippen molar-refractivity contribution in [2.24, 2.45) is 0 Å². The van der Waals surface area contributed by atoms with Gasteiger partial charge in [0.25, 0.3) is 5.91 Å². The second-order valence-electron chi connectivity index (χ2n) is 3.73. The van der Waals surface area contributed by atoms with E-state index < -0.39 is 5.91 Å². The Kier molecular flexibility index (Phi) is 3.24. The molecule has 0 spiro atoms. The first-order chi connectivity index (χ1) is 8.49. The van der Waals surface area contributed by atoms with Crippen LogP contribution in [0.15, 0.2) is 22.7 Å². The summed E-state index contributed by atoms with van der Waals surface area (Å²) in [6, 6.07) is 4.58. The van der Waals surface area contributed by atoms with Crippen LogP contribution in [0.2, 0.25) is 0 Å². The number of phenolic OH excluding ortho intramolecular Hbond substituents is 1. The number of nitrogens with one attached hydrogen (secondary N) is 2. The Bertz CT molecular complexity index is 609. The highest BCUT2D eigenvalue weighted by Crippen LogP contribution is 2.24. The number of aromatic nitrogens is 2. The molecule has 0 atom stereocenters. The third kappa shape index (κ3) is 2.30. The third-order valence-corrected chi connectivity index (χ3v) is 2.92. The highest BCUT2D eigenvalue weighted by Gasteiger charge is 2.15. The molecule has 1 heterocycles. The van der Waals surface area contributed by atoms with Crippen LogP contribution in [0, 0.1) is 6.92 Å². The number of H-pyrrole nitrogens is 1. The molecular formula is C11H11BrN4O2. The SMILES string of the molecule is Cc1[nH]nc(NC(=O)c2cc(Br)ccc2O)c1N. The summed E-state index contributed by atoms with van der Waals surface area (Å²) < 4.78 is 0.691. The van der Waals surface area contributed by atoms with Crippen LogP contribution in [-0.4, -0.2) is 21.2 Å². The number of hydrogen-bond acceptors (Lipinski definition) is 4. The molecule has 0 unspecified atom stereocenters. The Morgan fingerprint density at radius 2 is 2.28 bits per heavy atom. The van der Waals surface area contributed by atoms with Gasteiger partial charge in [0.15, 0.2) is 5.82 Å². The number of carbonyl (C=O) groups excluding carboxylic acids is 1. The van der Waals surface area contributed by atoms with Crippen molar-refractivity contribution < 1.29 is 9.90 Å². The van der Waals surface area contributed by atoms with Crippen molar-refractivity contribution in [3.8, 4) is 5.75 Å². The lowest BCUT2D eigenvalue weighted by atomic mass is 10.2. The summed E-state index contributed by atoms with van der Waals surface area (Å²) in [5.41, 5.74) is 6.90. The van der Waals surface area contributed by atoms with Crippen LogP contribution < -0.4 is 11.1 Å². The first-order valence-corrected chi connectivity index (χ1v) is 5.88. The number of anilines is 2. The topological polar surface area (TPSA) is 104 Å². The molecule has 1 amide bonds. The molecule has 0 saturated carbocycles. The molecule has 1 aromatic heterocycles. The van der Waals surface area contributed by atoms with Crippen LogP contribution in [0.1, 0.15) is 16.1 Å². The van der Waals surface area contributed by atoms with Gasteiger partial charge in [-0.1, -0.05) is 15.9 Å². The van der Waals surface area contributed by atoms with E-state index in [1.165, 1.54) is 12.1 Å². The van der Waals surface area contributed by atoms with E-state index in [9.17, 15) is 9.90 Å². The van der Waals surface area contributed by atoms with Crippen molar-refractivity contribution in [1.82, 2.24) is 10.2 Å². The molecule has 2 rings (SSSR count). The predicted molar refractivity (Wildman–Crippen MR) is 71.5 cm³/mol. The fourth-order valence-corrected chi connectivity index (χ4v) is 1.76. The highest BCUT2D eigenvalue weighted by atomic mass is 79.9. The van der Waals surface area contributed by atoms with E-state index in [1.807, 2.05) is 0 Å². The predicted octanol–water partition coefficient (Wildman–Crippen LogP) is 2.02. The molecule has 0 aliphatic carbocycles. The van der Waals surface area contributed by atoms with Crippen molar-refractivity contribution in [3.05, 3.63) is 33.9 Å². The molecule has 94 valence electrons. The number of carbonyl (C=O) groups is 1. The van der Waals surface area contributed by atoms with Gasteiger partial charge in [0.2, 0.25) is 0 Å². The quantitative estimate of drug-likeness (QED) is 0.681. The summed E-state index contributed by atoms with van der Waals surface area (Å²) in [7, 11) is 0. The lowest BCUT2D eigenvalue weighted by Gasteiger charge is -2.05. The molecule has 0 bridgehead atoms. The minimum absolute atomic E-state index is 0.110. The van der Waals surface area contributed by atoms with E-state index in [-0.39, 0.29) is 17.1 Å². The van der Waals surface area contributed by atoms with Gasteiger partial charge in [-0.2, -0.15) is 5.10 Å². The smallest absolute Gasteiger partial charge is 0.260 e. The number of benzene rings is 1. The zero-order valence-electron chi connectivity index (χ0n) is 9.49. The normalized spacial score (nSPS) is 10.3. The van der Waals surface area contributed by atoms with Gasteiger partial charge in [0.1, 0.15) is 5.75 Å². The maximum Gasteiger partial charge on any atom is 0.260 e. The maximum atomic E-state index is 11.9. The largest absolute Gasteiger partial charge is 0.507 e. The average molecular weight is 311 g/mol. The zero-order chi connectivity index (χ0) is 13.3. The van der Waals surface area contributed by atoms with Crippen molar-refractivity contribution in [3.63, 3.8) is 0 Å². The summed E-state index contributed by atoms with van der Waals surface area (Å²) >= 11 is 3.23. The lowest BCUT2D eigenvalue weighted by molar-refractivity contribution is 0.102. The van der Waals surface area contributed by atoms with E-state index >= 15 is 0 Å². The van der Waals surface area contributed by atoms with Crippen LogP contribution in [0.3, 0.4) is 0 Å². The molecule has 0 fully saturated rings. The molecule has 0 saturated heterocycles. The van der Waals surface area contributed by atoms with Crippen LogP contribution >= 0.6 is 15.9 Å². The number of rotatable bonds is 2. The van der Waals surface area contributed by atoms with Gasteiger partial charge in [-0.05, 0) is 25.1 Å². The first-order valence-electron chi connectivity index (χ1n) is 5.09. The number of nitrogens with two attached hydrogens (primary N) is 1. The van der Waals surface area contributed by atoms with Crippen LogP contribution in [0.25, 0.3) is 0 Å². The fraction of sp³-hybridized carbons (Fsp3) is 0.0909. The number of phenols is 1. The van der Waals surface area contributed by atoms with Gasteiger partial charge in [0.05, 0.1) is 16.9 Å². The van der Waals surface area contributed by atoms with Crippen molar-refractivity contribution in [2.45, 2.75) is 6.92 Å². The molecule has 0 aliphatic heterocycles. The average Bonchev–Trinajstić information content (AvgIpc) is 2.64. The molecule has 7 heteroatoms. The van der Waals surface area contributed by atoms with Gasteiger partial charge in [-0.25, -0.2) is 0 Å². The number of nitrogen functional groups attached to an aromatic ring is 1. The number of aryl methyl sites for hydroxylation is 1. The minimum Gasteiger partial charge on any atom is -0.507 e. The monoisotopic (exact) mass is 310 g/mol. The van der Waals surface area contributed by atoms with Gasteiger partial charge < -0.3 is 16.2 Å². The maximum absolute atomic E-state index is 11.9. The summed E-state index contributed by atoms with van der Waals surface area (Å²) in [5, 5.41) is 18.7. The Morgan fingerprint density at radius 3 is 2.89 bits per heavy atom. The summed E-state index contributed by atoms with van der Waals surface area (Å²) in [6.45, 7) is 1.74. The van der Waals surface area contributed by atoms with E-state index in [1.54, 1.807) is 13.0 Å². The number of aromatic amines is 1. The van der Waals surface area contributed by atoms with E-state index in [2.05, 4.69) is 31.4 Å². The zero-order valence-corrected chi connectivity index (χ0v) is 11.1. The molecule has 18 heavy (non-hydrogen) atoms. The molecule has 0 radical (unpaired) electrons. The number of amides is 1. The Labute approximate surface area is 111 Å². The van der Waals surface area contributed by atoms with Gasteiger partial charge in [0, 0.05) is 4.47 Å². The first kappa shape index (κ1) is 12.4. The molecular weight excluding hydrogens is 300 g/mol. The fourth-order valence-electron chi connectivity index (χ4n) is 1.40. The number of nitrogens with zero attached hydrogens (tertiary/aromatic N) is 1. The standard InChI is InChI=1S/C11H11BrN4O2/c1-5-9(13)10(16-15-5)14-11(18)7-4-6(12)2-3-8(7)17/h2-4,17H,13H2,1H3,(H2,14,15,16,18).